The summed E-state index contributed by atoms with van der Waals surface area (Å²) in [6, 6.07) is 17.4. The number of hydrogen-bond acceptors (Lipinski definition) is 6. The Morgan fingerprint density at radius 1 is 0.881 bits per heavy atom. The fraction of sp³-hybridized carbons (Fsp3) is 0.471. The smallest absolute Gasteiger partial charge is 0.303 e. The standard InChI is InChI=1S/C34H47N5O2S/c1-35(2)20-13-22-38(23-14-21-36(3)4)32-25-27(26-33-37(5)30-17-10-11-18-31(30)42-33)28-15-8-9-16-29(28)39(32)24-12-6-7-19-34(40)41/h8-11,15-18,25-26H,6-7,12-14,19-24H2,1-5H3/p+1. The van der Waals surface area contributed by atoms with Crippen molar-refractivity contribution in [3.05, 3.63) is 71.0 Å². The summed E-state index contributed by atoms with van der Waals surface area (Å²) in [5.74, 6) is 0.538. The number of aryl methyl sites for hydroxylation is 1. The van der Waals surface area contributed by atoms with Crippen molar-refractivity contribution in [2.45, 2.75) is 38.5 Å². The van der Waals surface area contributed by atoms with Gasteiger partial charge in [-0.05, 0) is 90.7 Å². The number of carboxylic acid groups (broad SMARTS) is 1. The normalized spacial score (nSPS) is 14.2. The van der Waals surface area contributed by atoms with Crippen LogP contribution in [0.4, 0.5) is 5.69 Å². The molecule has 7 nitrogen and oxygen atoms in total. The zero-order valence-corrected chi connectivity index (χ0v) is 26.9. The van der Waals surface area contributed by atoms with Crippen LogP contribution in [0.15, 0.2) is 60.4 Å². The topological polar surface area (TPSA) is 54.1 Å². The van der Waals surface area contributed by atoms with Gasteiger partial charge < -0.3 is 24.7 Å². The molecule has 42 heavy (non-hydrogen) atoms. The first-order chi connectivity index (χ1) is 20.2. The van der Waals surface area contributed by atoms with Crippen molar-refractivity contribution in [3.8, 4) is 0 Å². The number of unbranched alkanes of at least 4 members (excludes halogenated alkanes) is 2. The quantitative estimate of drug-likeness (QED) is 0.169. The number of fused-ring (bicyclic) bond motifs is 2. The molecule has 2 aromatic carbocycles. The molecule has 4 rings (SSSR count). The number of benzene rings is 2. The van der Waals surface area contributed by atoms with E-state index in [-0.39, 0.29) is 6.42 Å². The molecule has 8 heteroatoms. The zero-order valence-electron chi connectivity index (χ0n) is 26.1. The van der Waals surface area contributed by atoms with E-state index >= 15 is 0 Å². The van der Waals surface area contributed by atoms with Crippen molar-refractivity contribution in [2.75, 3.05) is 65.8 Å². The predicted molar refractivity (Wildman–Crippen MR) is 177 cm³/mol. The molecule has 0 spiro atoms. The molecule has 0 bridgehead atoms. The van der Waals surface area contributed by atoms with Gasteiger partial charge in [-0.15, -0.1) is 0 Å². The van der Waals surface area contributed by atoms with Gasteiger partial charge in [0.15, 0.2) is 0 Å². The summed E-state index contributed by atoms with van der Waals surface area (Å²) < 4.78 is 3.58. The van der Waals surface area contributed by atoms with E-state index in [9.17, 15) is 4.79 Å². The van der Waals surface area contributed by atoms with Crippen molar-refractivity contribution in [2.24, 2.45) is 7.05 Å². The van der Waals surface area contributed by atoms with Gasteiger partial charge in [-0.25, -0.2) is 0 Å². The molecule has 0 amide bonds. The van der Waals surface area contributed by atoms with Crippen LogP contribution in [0.25, 0.3) is 21.9 Å². The molecular weight excluding hydrogens is 542 g/mol. The Morgan fingerprint density at radius 3 is 2.21 bits per heavy atom. The van der Waals surface area contributed by atoms with Crippen molar-refractivity contribution >= 4 is 44.9 Å². The van der Waals surface area contributed by atoms with Crippen LogP contribution in [0.5, 0.6) is 0 Å². The summed E-state index contributed by atoms with van der Waals surface area (Å²) in [5.41, 5.74) is 4.95. The van der Waals surface area contributed by atoms with E-state index in [1.807, 2.05) is 11.3 Å². The van der Waals surface area contributed by atoms with E-state index in [1.165, 1.54) is 37.9 Å². The molecule has 0 saturated carbocycles. The third-order valence-electron chi connectivity index (χ3n) is 7.78. The lowest BCUT2D eigenvalue weighted by molar-refractivity contribution is -0.642. The number of anilines is 1. The number of thiazole rings is 1. The van der Waals surface area contributed by atoms with E-state index in [4.69, 9.17) is 5.11 Å². The van der Waals surface area contributed by atoms with Crippen molar-refractivity contribution in [3.63, 3.8) is 0 Å². The maximum absolute atomic E-state index is 11.1. The second-order valence-electron chi connectivity index (χ2n) is 11.7. The van der Waals surface area contributed by atoms with Gasteiger partial charge in [0, 0.05) is 43.8 Å². The van der Waals surface area contributed by atoms with Gasteiger partial charge in [0.05, 0.1) is 5.69 Å². The van der Waals surface area contributed by atoms with Crippen LogP contribution in [0.1, 0.15) is 49.1 Å². The number of aromatic nitrogens is 1. The Kier molecular flexibility index (Phi) is 11.6. The second-order valence-corrected chi connectivity index (χ2v) is 12.8. The van der Waals surface area contributed by atoms with Gasteiger partial charge in [-0.3, -0.25) is 4.79 Å². The maximum Gasteiger partial charge on any atom is 0.303 e. The van der Waals surface area contributed by atoms with Crippen LogP contribution in [0.3, 0.4) is 0 Å². The summed E-state index contributed by atoms with van der Waals surface area (Å²) in [5, 5.41) is 10.4. The van der Waals surface area contributed by atoms with E-state index in [0.717, 1.165) is 58.4 Å². The second kappa shape index (κ2) is 15.3. The van der Waals surface area contributed by atoms with Gasteiger partial charge in [0.2, 0.25) is 5.52 Å². The highest BCUT2D eigenvalue weighted by Crippen LogP contribution is 2.39. The lowest BCUT2D eigenvalue weighted by atomic mass is 9.97. The molecule has 0 aliphatic carbocycles. The number of rotatable bonds is 16. The lowest BCUT2D eigenvalue weighted by Gasteiger charge is -2.40. The van der Waals surface area contributed by atoms with Crippen LogP contribution >= 0.6 is 11.3 Å². The number of nitrogens with zero attached hydrogens (tertiary/aromatic N) is 5. The molecule has 3 aromatic rings. The molecule has 1 aliphatic rings. The summed E-state index contributed by atoms with van der Waals surface area (Å²) in [7, 11) is 10.7. The zero-order chi connectivity index (χ0) is 30.1. The fourth-order valence-corrected chi connectivity index (χ4v) is 6.69. The fourth-order valence-electron chi connectivity index (χ4n) is 5.59. The molecule has 226 valence electrons. The van der Waals surface area contributed by atoms with Crippen LogP contribution in [0.2, 0.25) is 0 Å². The summed E-state index contributed by atoms with van der Waals surface area (Å²) >= 11 is 1.83. The Bertz CT molecular complexity index is 1380. The SMILES string of the molecule is CN(C)CCCN(CCCN(C)C)C1=C/C(=C\c2sc3ccccc3[n+]2C)c2ccccc2N1CCCCCC(=O)O. The monoisotopic (exact) mass is 590 g/mol. The Morgan fingerprint density at radius 2 is 1.55 bits per heavy atom. The van der Waals surface area contributed by atoms with Gasteiger partial charge in [0.25, 0.3) is 5.01 Å². The van der Waals surface area contributed by atoms with Gasteiger partial charge in [-0.1, -0.05) is 48.1 Å². The number of carbonyl (C=O) groups is 1. The largest absolute Gasteiger partial charge is 0.481 e. The lowest BCUT2D eigenvalue weighted by Crippen LogP contribution is -2.40. The molecule has 2 heterocycles. The molecule has 1 N–H and O–H groups in total. The van der Waals surface area contributed by atoms with Crippen LogP contribution < -0.4 is 9.47 Å². The maximum atomic E-state index is 11.1. The van der Waals surface area contributed by atoms with Crippen LogP contribution in [-0.4, -0.2) is 86.7 Å². The van der Waals surface area contributed by atoms with Crippen molar-refractivity contribution in [1.29, 1.82) is 0 Å². The Hall–Kier alpha value is -3.20. The average molecular weight is 591 g/mol. The van der Waals surface area contributed by atoms with E-state index < -0.39 is 5.97 Å². The molecule has 0 unspecified atom stereocenters. The summed E-state index contributed by atoms with van der Waals surface area (Å²) in [6.07, 6.45) is 9.73. The first kappa shape index (κ1) is 31.7. The van der Waals surface area contributed by atoms with Crippen molar-refractivity contribution < 1.29 is 14.5 Å². The molecule has 1 aromatic heterocycles. The van der Waals surface area contributed by atoms with Crippen LogP contribution in [0, 0.1) is 0 Å². The summed E-state index contributed by atoms with van der Waals surface area (Å²) in [4.78, 5) is 20.7. The van der Waals surface area contributed by atoms with Gasteiger partial charge >= 0.3 is 5.97 Å². The molecule has 1 aliphatic heterocycles. The minimum atomic E-state index is -0.712. The van der Waals surface area contributed by atoms with E-state index in [1.54, 1.807) is 0 Å². The third kappa shape index (κ3) is 8.43. The van der Waals surface area contributed by atoms with Crippen molar-refractivity contribution in [1.82, 2.24) is 14.7 Å². The van der Waals surface area contributed by atoms with Crippen LogP contribution in [-0.2, 0) is 11.8 Å². The third-order valence-corrected chi connectivity index (χ3v) is 8.95. The highest BCUT2D eigenvalue weighted by Gasteiger charge is 2.27. The first-order valence-corrected chi connectivity index (χ1v) is 16.0. The molecule has 0 saturated heterocycles. The van der Waals surface area contributed by atoms with E-state index in [0.29, 0.717) is 6.42 Å². The summed E-state index contributed by atoms with van der Waals surface area (Å²) in [6.45, 7) is 4.93. The number of hydrogen-bond donors (Lipinski definition) is 1. The highest BCUT2D eigenvalue weighted by molar-refractivity contribution is 7.18. The highest BCUT2D eigenvalue weighted by atomic mass is 32.1. The molecule has 0 atom stereocenters. The number of allylic oxidation sites excluding steroid dienone is 2. The number of para-hydroxylation sites is 2. The molecule has 0 fully saturated rings. The molecule has 0 radical (unpaired) electrons. The number of aliphatic carboxylic acids is 1. The Labute approximate surface area is 256 Å². The molecular formula is C34H48N5O2S+. The minimum Gasteiger partial charge on any atom is -0.481 e. The number of carboxylic acids is 1. The van der Waals surface area contributed by atoms with Gasteiger partial charge in [-0.2, -0.15) is 4.57 Å². The van der Waals surface area contributed by atoms with E-state index in [2.05, 4.69) is 120 Å². The predicted octanol–water partition coefficient (Wildman–Crippen LogP) is 5.78. The first-order valence-electron chi connectivity index (χ1n) is 15.2. The Balaban J connectivity index is 1.74. The average Bonchev–Trinajstić information content (AvgIpc) is 3.27. The van der Waals surface area contributed by atoms with Gasteiger partial charge in [0.1, 0.15) is 17.6 Å². The minimum absolute atomic E-state index is 0.236.